The molecular weight excluding hydrogens is 276 g/mol. The molecular formula is C15H20O4S. The van der Waals surface area contributed by atoms with Gasteiger partial charge in [0.1, 0.15) is 11.6 Å². The summed E-state index contributed by atoms with van der Waals surface area (Å²) >= 11 is 0. The first-order valence-corrected chi connectivity index (χ1v) is 8.53. The molecule has 0 atom stereocenters. The van der Waals surface area contributed by atoms with E-state index < -0.39 is 15.8 Å². The van der Waals surface area contributed by atoms with Crippen LogP contribution in [0.3, 0.4) is 0 Å². The maximum absolute atomic E-state index is 11.8. The molecule has 0 unspecified atom stereocenters. The van der Waals surface area contributed by atoms with Gasteiger partial charge < -0.3 is 0 Å². The molecule has 0 bridgehead atoms. The quantitative estimate of drug-likeness (QED) is 0.723. The average molecular weight is 296 g/mol. The Morgan fingerprint density at radius 2 is 1.45 bits per heavy atom. The molecule has 110 valence electrons. The summed E-state index contributed by atoms with van der Waals surface area (Å²) in [4.78, 5) is 23.9. The third-order valence-corrected chi connectivity index (χ3v) is 4.39. The van der Waals surface area contributed by atoms with Gasteiger partial charge in [0, 0.05) is 19.1 Å². The zero-order chi connectivity index (χ0) is 15.3. The molecule has 0 aliphatic heterocycles. The van der Waals surface area contributed by atoms with E-state index >= 15 is 0 Å². The minimum Gasteiger partial charge on any atom is -0.299 e. The minimum absolute atomic E-state index is 0.0657. The van der Waals surface area contributed by atoms with Crippen LogP contribution in [-0.4, -0.2) is 26.2 Å². The molecule has 0 radical (unpaired) electrons. The van der Waals surface area contributed by atoms with Gasteiger partial charge in [-0.15, -0.1) is 0 Å². The molecule has 4 nitrogen and oxygen atoms in total. The van der Waals surface area contributed by atoms with Crippen LogP contribution in [0.2, 0.25) is 0 Å². The second-order valence-electron chi connectivity index (χ2n) is 4.81. The lowest BCUT2D eigenvalue weighted by Gasteiger charge is -2.13. The zero-order valence-corrected chi connectivity index (χ0v) is 12.9. The van der Waals surface area contributed by atoms with E-state index in [9.17, 15) is 18.0 Å². The minimum atomic E-state index is -3.22. The number of benzene rings is 1. The van der Waals surface area contributed by atoms with Gasteiger partial charge in [0.15, 0.2) is 9.84 Å². The lowest BCUT2D eigenvalue weighted by Crippen LogP contribution is -2.25. The summed E-state index contributed by atoms with van der Waals surface area (Å²) in [6.45, 7) is 3.48. The van der Waals surface area contributed by atoms with Gasteiger partial charge in [-0.1, -0.05) is 26.0 Å². The fourth-order valence-corrected chi connectivity index (χ4v) is 2.64. The number of hydrogen-bond acceptors (Lipinski definition) is 4. The monoisotopic (exact) mass is 296 g/mol. The summed E-state index contributed by atoms with van der Waals surface area (Å²) in [5.74, 6) is -0.748. The second kappa shape index (κ2) is 6.79. The zero-order valence-electron chi connectivity index (χ0n) is 12.0. The summed E-state index contributed by atoms with van der Waals surface area (Å²) in [6.07, 6.45) is 2.14. The predicted octanol–water partition coefficient (Wildman–Crippen LogP) is 2.21. The summed E-state index contributed by atoms with van der Waals surface area (Å²) in [5, 5.41) is 0. The standard InChI is InChI=1S/C15H20O4S/c1-4-14(16)13(15(17)5-2)10-11-6-8-12(9-7-11)20(3,18)19/h6-9,13H,4-5,10H2,1-3H3. The molecule has 0 aliphatic carbocycles. The highest BCUT2D eigenvalue weighted by Crippen LogP contribution is 2.17. The van der Waals surface area contributed by atoms with Crippen LogP contribution in [0, 0.1) is 5.92 Å². The van der Waals surface area contributed by atoms with E-state index in [1.807, 2.05) is 0 Å². The number of carbonyl (C=O) groups excluding carboxylic acids is 2. The molecule has 0 saturated heterocycles. The number of hydrogen-bond donors (Lipinski definition) is 0. The maximum Gasteiger partial charge on any atom is 0.175 e. The topological polar surface area (TPSA) is 68.3 Å². The number of carbonyl (C=O) groups is 2. The Hall–Kier alpha value is -1.49. The number of sulfone groups is 1. The van der Waals surface area contributed by atoms with E-state index in [4.69, 9.17) is 0 Å². The summed E-state index contributed by atoms with van der Waals surface area (Å²) in [7, 11) is -3.22. The first kappa shape index (κ1) is 16.6. The first-order valence-electron chi connectivity index (χ1n) is 6.64. The highest BCUT2D eigenvalue weighted by atomic mass is 32.2. The highest BCUT2D eigenvalue weighted by molar-refractivity contribution is 7.90. The second-order valence-corrected chi connectivity index (χ2v) is 6.83. The lowest BCUT2D eigenvalue weighted by atomic mass is 9.89. The smallest absolute Gasteiger partial charge is 0.175 e. The molecule has 0 N–H and O–H groups in total. The summed E-state index contributed by atoms with van der Waals surface area (Å²) in [5.41, 5.74) is 0.797. The SMILES string of the molecule is CCC(=O)C(Cc1ccc(S(C)(=O)=O)cc1)C(=O)CC. The Kier molecular flexibility index (Phi) is 5.62. The van der Waals surface area contributed by atoms with Gasteiger partial charge >= 0.3 is 0 Å². The van der Waals surface area contributed by atoms with Crippen LogP contribution in [0.15, 0.2) is 29.2 Å². The largest absolute Gasteiger partial charge is 0.299 e. The molecule has 5 heteroatoms. The third-order valence-electron chi connectivity index (χ3n) is 3.27. The van der Waals surface area contributed by atoms with E-state index in [1.165, 1.54) is 12.1 Å². The molecule has 0 amide bonds. The molecule has 20 heavy (non-hydrogen) atoms. The van der Waals surface area contributed by atoms with Crippen LogP contribution < -0.4 is 0 Å². The van der Waals surface area contributed by atoms with Gasteiger partial charge in [0.05, 0.1) is 10.8 Å². The Balaban J connectivity index is 2.95. The van der Waals surface area contributed by atoms with Crippen molar-refractivity contribution in [3.63, 3.8) is 0 Å². The van der Waals surface area contributed by atoms with Gasteiger partial charge in [-0.2, -0.15) is 0 Å². The molecule has 0 spiro atoms. The molecule has 0 heterocycles. The van der Waals surface area contributed by atoms with Gasteiger partial charge in [-0.25, -0.2) is 8.42 Å². The third kappa shape index (κ3) is 4.27. The molecule has 1 rings (SSSR count). The van der Waals surface area contributed by atoms with Gasteiger partial charge in [-0.3, -0.25) is 9.59 Å². The lowest BCUT2D eigenvalue weighted by molar-refractivity contribution is -0.132. The Labute approximate surface area is 120 Å². The van der Waals surface area contributed by atoms with Gasteiger partial charge in [-0.05, 0) is 24.1 Å². The van der Waals surface area contributed by atoms with Crippen molar-refractivity contribution in [1.82, 2.24) is 0 Å². The normalized spacial score (nSPS) is 11.6. The van der Waals surface area contributed by atoms with Crippen molar-refractivity contribution in [1.29, 1.82) is 0 Å². The van der Waals surface area contributed by atoms with Crippen LogP contribution >= 0.6 is 0 Å². The van der Waals surface area contributed by atoms with E-state index in [2.05, 4.69) is 0 Å². The van der Waals surface area contributed by atoms with Crippen molar-refractivity contribution in [2.75, 3.05) is 6.26 Å². The van der Waals surface area contributed by atoms with E-state index in [0.29, 0.717) is 19.3 Å². The van der Waals surface area contributed by atoms with Crippen molar-refractivity contribution in [2.45, 2.75) is 38.0 Å². The molecule has 0 aliphatic rings. The van der Waals surface area contributed by atoms with Crippen molar-refractivity contribution in [3.05, 3.63) is 29.8 Å². The first-order chi connectivity index (χ1) is 9.29. The Bertz CT molecular complexity index is 569. The van der Waals surface area contributed by atoms with Crippen LogP contribution in [0.25, 0.3) is 0 Å². The summed E-state index contributed by atoms with van der Waals surface area (Å²) < 4.78 is 22.7. The molecule has 1 aromatic carbocycles. The maximum atomic E-state index is 11.8. The van der Waals surface area contributed by atoms with Crippen molar-refractivity contribution >= 4 is 21.4 Å². The van der Waals surface area contributed by atoms with Crippen LogP contribution in [-0.2, 0) is 25.8 Å². The van der Waals surface area contributed by atoms with E-state index in [0.717, 1.165) is 11.8 Å². The summed E-state index contributed by atoms with van der Waals surface area (Å²) in [6, 6.07) is 6.34. The highest BCUT2D eigenvalue weighted by Gasteiger charge is 2.23. The number of Topliss-reactive ketones (excluding diaryl/α,β-unsaturated/α-hetero) is 2. The Morgan fingerprint density at radius 3 is 1.80 bits per heavy atom. The fraction of sp³-hybridized carbons (Fsp3) is 0.467. The number of rotatable bonds is 7. The van der Waals surface area contributed by atoms with Crippen molar-refractivity contribution < 1.29 is 18.0 Å². The molecule has 0 aromatic heterocycles. The van der Waals surface area contributed by atoms with Crippen LogP contribution in [0.1, 0.15) is 32.3 Å². The van der Waals surface area contributed by atoms with Crippen molar-refractivity contribution in [3.8, 4) is 0 Å². The predicted molar refractivity (Wildman–Crippen MR) is 77.3 cm³/mol. The van der Waals surface area contributed by atoms with Gasteiger partial charge in [0.2, 0.25) is 0 Å². The van der Waals surface area contributed by atoms with Crippen LogP contribution in [0.4, 0.5) is 0 Å². The fourth-order valence-electron chi connectivity index (χ4n) is 2.01. The Morgan fingerprint density at radius 1 is 1.00 bits per heavy atom. The molecule has 0 saturated carbocycles. The van der Waals surface area contributed by atoms with E-state index in [-0.39, 0.29) is 16.5 Å². The molecule has 0 fully saturated rings. The van der Waals surface area contributed by atoms with Crippen molar-refractivity contribution in [2.24, 2.45) is 5.92 Å². The van der Waals surface area contributed by atoms with E-state index in [1.54, 1.807) is 26.0 Å². The van der Waals surface area contributed by atoms with Crippen LogP contribution in [0.5, 0.6) is 0 Å². The van der Waals surface area contributed by atoms with Gasteiger partial charge in [0.25, 0.3) is 0 Å². The average Bonchev–Trinajstić information content (AvgIpc) is 2.42. The number of ketones is 2. The molecule has 1 aromatic rings.